The molecule has 1 unspecified atom stereocenters. The Hall–Kier alpha value is -4.09. The van der Waals surface area contributed by atoms with E-state index in [-0.39, 0.29) is 11.5 Å². The predicted molar refractivity (Wildman–Crippen MR) is 177 cm³/mol. The summed E-state index contributed by atoms with van der Waals surface area (Å²) in [5, 5.41) is 4.31. The van der Waals surface area contributed by atoms with Gasteiger partial charge < -0.3 is 15.0 Å². The number of rotatable bonds is 10. The molecule has 3 aromatic heterocycles. The van der Waals surface area contributed by atoms with Gasteiger partial charge in [-0.2, -0.15) is 4.37 Å². The summed E-state index contributed by atoms with van der Waals surface area (Å²) in [5.41, 5.74) is 0.828. The van der Waals surface area contributed by atoms with E-state index in [4.69, 9.17) is 9.72 Å². The lowest BCUT2D eigenvalue weighted by molar-refractivity contribution is 0.0523. The third kappa shape index (κ3) is 7.00. The van der Waals surface area contributed by atoms with Crippen LogP contribution >= 0.6 is 22.9 Å². The maximum atomic E-state index is 14.3. The topological polar surface area (TPSA) is 106 Å². The van der Waals surface area contributed by atoms with Gasteiger partial charge in [-0.25, -0.2) is 9.78 Å². The van der Waals surface area contributed by atoms with Crippen LogP contribution in [0.3, 0.4) is 0 Å². The summed E-state index contributed by atoms with van der Waals surface area (Å²) in [6.45, 7) is 10.2. The molecule has 5 aromatic rings. The number of alkyl carbamates (subject to hydrolysis) is 1. The van der Waals surface area contributed by atoms with E-state index in [0.29, 0.717) is 59.1 Å². The van der Waals surface area contributed by atoms with E-state index >= 15 is 0 Å². The molecule has 1 atom stereocenters. The number of aromatic nitrogens is 3. The molecule has 0 aliphatic heterocycles. The van der Waals surface area contributed by atoms with Crippen LogP contribution in [0.25, 0.3) is 20.3 Å². The summed E-state index contributed by atoms with van der Waals surface area (Å²) in [6, 6.07) is 19.1. The third-order valence-corrected chi connectivity index (χ3v) is 9.12. The van der Waals surface area contributed by atoms with E-state index in [9.17, 15) is 14.4 Å². The standard InChI is InChI=1S/C33H37N5O4S2/c1-6-24(28-35-29-27(21(2)36-44-29)31(40)38(28)20-22-13-8-7-9-14-22)37(18-12-17-34-32(41)42-33(3,4)5)30(39)26-19-23-15-10-11-16-25(23)43-26/h7-11,13-16,19,24H,6,12,17-18,20H2,1-5H3,(H,34,41). The molecule has 0 aliphatic rings. The number of nitrogens with zero attached hydrogens (tertiary/aromatic N) is 4. The molecule has 2 amide bonds. The fourth-order valence-electron chi connectivity index (χ4n) is 5.18. The fourth-order valence-corrected chi connectivity index (χ4v) is 6.98. The Morgan fingerprint density at radius 1 is 1.09 bits per heavy atom. The Balaban J connectivity index is 1.54. The highest BCUT2D eigenvalue weighted by Gasteiger charge is 2.31. The van der Waals surface area contributed by atoms with Gasteiger partial charge >= 0.3 is 6.09 Å². The van der Waals surface area contributed by atoms with Crippen LogP contribution in [0, 0.1) is 6.92 Å². The molecular formula is C33H37N5O4S2. The number of amides is 2. The predicted octanol–water partition coefficient (Wildman–Crippen LogP) is 6.93. The van der Waals surface area contributed by atoms with E-state index in [1.807, 2.05) is 95.3 Å². The van der Waals surface area contributed by atoms with Crippen molar-refractivity contribution in [3.05, 3.63) is 93.0 Å². The molecule has 0 aliphatic carbocycles. The molecule has 0 bridgehead atoms. The van der Waals surface area contributed by atoms with E-state index in [0.717, 1.165) is 15.6 Å². The van der Waals surface area contributed by atoms with Gasteiger partial charge in [0, 0.05) is 17.8 Å². The molecule has 9 nitrogen and oxygen atoms in total. The first-order valence-corrected chi connectivity index (χ1v) is 16.3. The zero-order valence-corrected chi connectivity index (χ0v) is 27.3. The summed E-state index contributed by atoms with van der Waals surface area (Å²) in [5.74, 6) is 0.378. The highest BCUT2D eigenvalue weighted by molar-refractivity contribution is 7.20. The second-order valence-electron chi connectivity index (χ2n) is 11.6. The van der Waals surface area contributed by atoms with Crippen molar-refractivity contribution in [2.24, 2.45) is 0 Å². The Labute approximate surface area is 264 Å². The first-order chi connectivity index (χ1) is 21.1. The molecule has 0 spiro atoms. The maximum absolute atomic E-state index is 14.3. The van der Waals surface area contributed by atoms with Gasteiger partial charge in [-0.05, 0) is 75.2 Å². The quantitative estimate of drug-likeness (QED) is 0.168. The largest absolute Gasteiger partial charge is 0.444 e. The lowest BCUT2D eigenvalue weighted by atomic mass is 10.1. The molecule has 0 saturated carbocycles. The van der Waals surface area contributed by atoms with Crippen molar-refractivity contribution in [3.63, 3.8) is 0 Å². The molecule has 0 fully saturated rings. The summed E-state index contributed by atoms with van der Waals surface area (Å²) < 4.78 is 12.5. The first kappa shape index (κ1) is 31.3. The highest BCUT2D eigenvalue weighted by atomic mass is 32.1. The second-order valence-corrected chi connectivity index (χ2v) is 13.5. The van der Waals surface area contributed by atoms with Gasteiger partial charge in [-0.15, -0.1) is 11.3 Å². The van der Waals surface area contributed by atoms with Gasteiger partial charge in [-0.1, -0.05) is 55.5 Å². The van der Waals surface area contributed by atoms with E-state index in [2.05, 4.69) is 9.69 Å². The molecule has 1 N–H and O–H groups in total. The molecule has 11 heteroatoms. The zero-order chi connectivity index (χ0) is 31.4. The van der Waals surface area contributed by atoms with Crippen molar-refractivity contribution in [2.75, 3.05) is 13.1 Å². The summed E-state index contributed by atoms with van der Waals surface area (Å²) in [6.07, 6.45) is 0.508. The molecular weight excluding hydrogens is 595 g/mol. The average molecular weight is 632 g/mol. The highest BCUT2D eigenvalue weighted by Crippen LogP contribution is 2.32. The van der Waals surface area contributed by atoms with E-state index in [1.165, 1.54) is 22.9 Å². The van der Waals surface area contributed by atoms with Crippen LogP contribution in [-0.4, -0.2) is 49.5 Å². The molecule has 5 rings (SSSR count). The number of aryl methyl sites for hydroxylation is 1. The molecule has 3 heterocycles. The van der Waals surface area contributed by atoms with Crippen molar-refractivity contribution >= 4 is 55.2 Å². The lowest BCUT2D eigenvalue weighted by Crippen LogP contribution is -2.40. The van der Waals surface area contributed by atoms with Gasteiger partial charge in [0.25, 0.3) is 11.5 Å². The normalized spacial score (nSPS) is 12.4. The van der Waals surface area contributed by atoms with Crippen LogP contribution < -0.4 is 10.9 Å². The van der Waals surface area contributed by atoms with Crippen molar-refractivity contribution < 1.29 is 14.3 Å². The van der Waals surface area contributed by atoms with Crippen LogP contribution in [0.4, 0.5) is 4.79 Å². The zero-order valence-electron chi connectivity index (χ0n) is 25.6. The first-order valence-electron chi connectivity index (χ1n) is 14.7. The monoisotopic (exact) mass is 631 g/mol. The number of benzene rings is 2. The van der Waals surface area contributed by atoms with Crippen LogP contribution in [0.2, 0.25) is 0 Å². The van der Waals surface area contributed by atoms with Gasteiger partial charge in [0.1, 0.15) is 11.4 Å². The van der Waals surface area contributed by atoms with Crippen molar-refractivity contribution in [1.82, 2.24) is 24.1 Å². The Kier molecular flexibility index (Phi) is 9.45. The Morgan fingerprint density at radius 2 is 1.82 bits per heavy atom. The second kappa shape index (κ2) is 13.3. The minimum absolute atomic E-state index is 0.142. The van der Waals surface area contributed by atoms with Gasteiger partial charge in [0.15, 0.2) is 4.83 Å². The summed E-state index contributed by atoms with van der Waals surface area (Å²) >= 11 is 2.64. The summed E-state index contributed by atoms with van der Waals surface area (Å²) in [7, 11) is 0. The number of fused-ring (bicyclic) bond motifs is 2. The maximum Gasteiger partial charge on any atom is 0.407 e. The summed E-state index contributed by atoms with van der Waals surface area (Å²) in [4.78, 5) is 48.6. The average Bonchev–Trinajstić information content (AvgIpc) is 3.59. The van der Waals surface area contributed by atoms with E-state index in [1.54, 1.807) is 9.47 Å². The van der Waals surface area contributed by atoms with Gasteiger partial charge in [0.05, 0.1) is 28.5 Å². The molecule has 0 saturated heterocycles. The van der Waals surface area contributed by atoms with E-state index < -0.39 is 17.7 Å². The Bertz CT molecular complexity index is 1810. The van der Waals surface area contributed by atoms with Crippen molar-refractivity contribution in [2.45, 2.75) is 65.6 Å². The number of carbonyl (C=O) groups is 2. The number of ether oxygens (including phenoxy) is 1. The minimum Gasteiger partial charge on any atom is -0.444 e. The van der Waals surface area contributed by atoms with Gasteiger partial charge in [-0.3, -0.25) is 14.2 Å². The smallest absolute Gasteiger partial charge is 0.407 e. The minimum atomic E-state index is -0.609. The van der Waals surface area contributed by atoms with Crippen molar-refractivity contribution in [1.29, 1.82) is 0 Å². The molecule has 44 heavy (non-hydrogen) atoms. The number of thiophene rings is 1. The van der Waals surface area contributed by atoms with Crippen molar-refractivity contribution in [3.8, 4) is 0 Å². The third-order valence-electron chi connectivity index (χ3n) is 7.18. The van der Waals surface area contributed by atoms with Crippen LogP contribution in [0.15, 0.2) is 65.5 Å². The van der Waals surface area contributed by atoms with Crippen LogP contribution in [0.1, 0.15) is 73.3 Å². The lowest BCUT2D eigenvalue weighted by Gasteiger charge is -2.32. The molecule has 230 valence electrons. The number of carbonyl (C=O) groups excluding carboxylic acids is 2. The SMILES string of the molecule is CCC(c1nc2snc(C)c2c(=O)n1Cc1ccccc1)N(CCCNC(=O)OC(C)(C)C)C(=O)c1cc2ccccc2s1. The number of hydrogen-bond donors (Lipinski definition) is 1. The van der Waals surface area contributed by atoms with Gasteiger partial charge in [0.2, 0.25) is 0 Å². The van der Waals surface area contributed by atoms with Crippen LogP contribution in [0.5, 0.6) is 0 Å². The Morgan fingerprint density at radius 3 is 2.52 bits per heavy atom. The fraction of sp³-hybridized carbons (Fsp3) is 0.364. The number of hydrogen-bond acceptors (Lipinski definition) is 8. The number of nitrogens with one attached hydrogen (secondary N) is 1. The molecule has 2 aromatic carbocycles. The van der Waals surface area contributed by atoms with Crippen LogP contribution in [-0.2, 0) is 11.3 Å². The molecule has 0 radical (unpaired) electrons.